The van der Waals surface area contributed by atoms with Crippen LogP contribution in [0.3, 0.4) is 0 Å². The molecule has 0 aliphatic carbocycles. The topological polar surface area (TPSA) is 78.0 Å². The Morgan fingerprint density at radius 3 is 2.60 bits per heavy atom. The summed E-state index contributed by atoms with van der Waals surface area (Å²) in [5, 5.41) is 7.83. The number of fused-ring (bicyclic) bond motifs is 1. The average molecular weight is 335 g/mol. The molecule has 6 nitrogen and oxygen atoms in total. The van der Waals surface area contributed by atoms with Crippen LogP contribution in [0.15, 0.2) is 54.6 Å². The summed E-state index contributed by atoms with van der Waals surface area (Å²) in [5.41, 5.74) is 8.23. The molecule has 0 saturated heterocycles. The van der Waals surface area contributed by atoms with Crippen molar-refractivity contribution >= 4 is 11.9 Å². The average Bonchev–Trinajstić information content (AvgIpc) is 3.02. The number of rotatable bonds is 4. The molecule has 2 atom stereocenters. The lowest BCUT2D eigenvalue weighted by Crippen LogP contribution is -2.28. The number of aromatic nitrogens is 3. The zero-order valence-corrected chi connectivity index (χ0v) is 14.1. The van der Waals surface area contributed by atoms with E-state index < -0.39 is 0 Å². The van der Waals surface area contributed by atoms with Crippen molar-refractivity contribution in [3.63, 3.8) is 0 Å². The third-order valence-electron chi connectivity index (χ3n) is 4.48. The molecule has 128 valence electrons. The van der Waals surface area contributed by atoms with Crippen LogP contribution in [0.1, 0.15) is 36.6 Å². The van der Waals surface area contributed by atoms with Crippen LogP contribution in [0.5, 0.6) is 5.75 Å². The highest BCUT2D eigenvalue weighted by atomic mass is 16.5. The molecule has 1 aromatic heterocycles. The van der Waals surface area contributed by atoms with E-state index in [-0.39, 0.29) is 18.0 Å². The first-order chi connectivity index (χ1) is 12.2. The van der Waals surface area contributed by atoms with Crippen LogP contribution in [0, 0.1) is 0 Å². The van der Waals surface area contributed by atoms with Gasteiger partial charge in [-0.1, -0.05) is 42.5 Å². The van der Waals surface area contributed by atoms with Crippen LogP contribution in [0.4, 0.5) is 11.9 Å². The lowest BCUT2D eigenvalue weighted by Gasteiger charge is -2.31. The molecule has 6 heteroatoms. The van der Waals surface area contributed by atoms with Crippen molar-refractivity contribution in [1.29, 1.82) is 0 Å². The maximum Gasteiger partial charge on any atom is 0.241 e. The lowest BCUT2D eigenvalue weighted by atomic mass is 9.93. The molecule has 1 aliphatic heterocycles. The molecular formula is C19H21N5O. The molecule has 0 fully saturated rings. The van der Waals surface area contributed by atoms with Crippen LogP contribution in [0.2, 0.25) is 0 Å². The van der Waals surface area contributed by atoms with Gasteiger partial charge >= 0.3 is 0 Å². The number of hydrogen-bond acceptors (Lipinski definition) is 5. The molecule has 3 N–H and O–H groups in total. The van der Waals surface area contributed by atoms with E-state index in [2.05, 4.69) is 39.7 Å². The second kappa shape index (κ2) is 6.47. The zero-order valence-electron chi connectivity index (χ0n) is 14.1. The molecule has 3 aromatic rings. The maximum absolute atomic E-state index is 5.84. The van der Waals surface area contributed by atoms with Crippen molar-refractivity contribution in [2.75, 3.05) is 17.7 Å². The van der Waals surface area contributed by atoms with Crippen LogP contribution in [-0.4, -0.2) is 21.4 Å². The first-order valence-corrected chi connectivity index (χ1v) is 8.51. The monoisotopic (exact) mass is 335 g/mol. The second-order valence-electron chi connectivity index (χ2n) is 6.10. The molecule has 0 saturated carbocycles. The fourth-order valence-electron chi connectivity index (χ4n) is 3.33. The summed E-state index contributed by atoms with van der Waals surface area (Å²) in [6.07, 6.45) is 0.869. The Kier molecular flexibility index (Phi) is 4.01. The van der Waals surface area contributed by atoms with Crippen LogP contribution >= 0.6 is 0 Å². The van der Waals surface area contributed by atoms with Gasteiger partial charge in [-0.25, -0.2) is 4.68 Å². The number of benzene rings is 2. The predicted molar refractivity (Wildman–Crippen MR) is 97.6 cm³/mol. The van der Waals surface area contributed by atoms with Gasteiger partial charge < -0.3 is 15.8 Å². The molecule has 2 heterocycles. The molecule has 4 rings (SSSR count). The molecule has 0 spiro atoms. The minimum absolute atomic E-state index is 0.0961. The van der Waals surface area contributed by atoms with E-state index in [4.69, 9.17) is 10.5 Å². The van der Waals surface area contributed by atoms with Crippen molar-refractivity contribution < 1.29 is 4.74 Å². The molecule has 2 aromatic carbocycles. The Hall–Kier alpha value is -3.02. The molecule has 25 heavy (non-hydrogen) atoms. The highest BCUT2D eigenvalue weighted by Crippen LogP contribution is 2.38. The molecule has 0 radical (unpaired) electrons. The van der Waals surface area contributed by atoms with Gasteiger partial charge in [-0.3, -0.25) is 0 Å². The third-order valence-corrected chi connectivity index (χ3v) is 4.48. The summed E-state index contributed by atoms with van der Waals surface area (Å²) in [4.78, 5) is 4.34. The minimum atomic E-state index is 0.0961. The fraction of sp³-hybridized carbons (Fsp3) is 0.263. The van der Waals surface area contributed by atoms with E-state index in [0.717, 1.165) is 12.2 Å². The number of nitrogens with zero attached hydrogens (tertiary/aromatic N) is 3. The molecule has 1 aliphatic rings. The van der Waals surface area contributed by atoms with Crippen LogP contribution in [0.25, 0.3) is 0 Å². The van der Waals surface area contributed by atoms with E-state index in [1.165, 1.54) is 11.1 Å². The summed E-state index contributed by atoms with van der Waals surface area (Å²) in [6.45, 7) is 2.65. The van der Waals surface area contributed by atoms with Gasteiger partial charge in [0, 0.05) is 0 Å². The summed E-state index contributed by atoms with van der Waals surface area (Å²) in [6, 6.07) is 18.8. The zero-order chi connectivity index (χ0) is 17.2. The third kappa shape index (κ3) is 3.03. The smallest absolute Gasteiger partial charge is 0.241 e. The summed E-state index contributed by atoms with van der Waals surface area (Å²) in [7, 11) is 0. The van der Waals surface area contributed by atoms with E-state index in [1.807, 2.05) is 41.9 Å². The maximum atomic E-state index is 5.84. The predicted octanol–water partition coefficient (Wildman–Crippen LogP) is 3.41. The van der Waals surface area contributed by atoms with Gasteiger partial charge in [0.15, 0.2) is 0 Å². The number of hydrogen-bond donors (Lipinski definition) is 2. The largest absolute Gasteiger partial charge is 0.494 e. The van der Waals surface area contributed by atoms with Crippen molar-refractivity contribution in [3.8, 4) is 5.75 Å². The quantitative estimate of drug-likeness (QED) is 0.764. The van der Waals surface area contributed by atoms with Gasteiger partial charge in [-0.05, 0) is 36.6 Å². The van der Waals surface area contributed by atoms with Gasteiger partial charge in [0.1, 0.15) is 5.75 Å². The second-order valence-corrected chi connectivity index (χ2v) is 6.10. The summed E-state index contributed by atoms with van der Waals surface area (Å²) >= 11 is 0. The van der Waals surface area contributed by atoms with Crippen molar-refractivity contribution in [1.82, 2.24) is 14.8 Å². The molecule has 0 amide bonds. The summed E-state index contributed by atoms with van der Waals surface area (Å²) < 4.78 is 7.42. The fourth-order valence-corrected chi connectivity index (χ4v) is 3.33. The van der Waals surface area contributed by atoms with E-state index in [1.54, 1.807) is 0 Å². The summed E-state index contributed by atoms with van der Waals surface area (Å²) in [5.74, 6) is 1.88. The van der Waals surface area contributed by atoms with E-state index in [0.29, 0.717) is 12.6 Å². The van der Waals surface area contributed by atoms with Gasteiger partial charge in [0.2, 0.25) is 11.9 Å². The van der Waals surface area contributed by atoms with Crippen molar-refractivity contribution in [2.24, 2.45) is 0 Å². The van der Waals surface area contributed by atoms with E-state index >= 15 is 0 Å². The first kappa shape index (κ1) is 15.5. The number of nitrogen functional groups attached to an aromatic ring is 1. The van der Waals surface area contributed by atoms with Crippen molar-refractivity contribution in [3.05, 3.63) is 65.7 Å². The number of ether oxygens (including phenoxy) is 1. The Morgan fingerprint density at radius 2 is 1.88 bits per heavy atom. The van der Waals surface area contributed by atoms with Gasteiger partial charge in [-0.15, -0.1) is 5.10 Å². The van der Waals surface area contributed by atoms with Gasteiger partial charge in [-0.2, -0.15) is 4.98 Å². The first-order valence-electron chi connectivity index (χ1n) is 8.51. The Bertz CT molecular complexity index is 844. The Balaban J connectivity index is 1.67. The molecule has 0 unspecified atom stereocenters. The van der Waals surface area contributed by atoms with Crippen molar-refractivity contribution in [2.45, 2.75) is 25.4 Å². The minimum Gasteiger partial charge on any atom is -0.494 e. The SMILES string of the molecule is CCOc1ccc([C@@H]2C[C@H](c3ccccc3)n3nc(N)nc3N2)cc1. The Morgan fingerprint density at radius 1 is 1.12 bits per heavy atom. The van der Waals surface area contributed by atoms with Gasteiger partial charge in [0.05, 0.1) is 18.7 Å². The molecule has 0 bridgehead atoms. The highest BCUT2D eigenvalue weighted by Gasteiger charge is 2.30. The Labute approximate surface area is 146 Å². The lowest BCUT2D eigenvalue weighted by molar-refractivity contribution is 0.340. The number of nitrogens with two attached hydrogens (primary N) is 1. The number of anilines is 2. The van der Waals surface area contributed by atoms with E-state index in [9.17, 15) is 0 Å². The molecular weight excluding hydrogens is 314 g/mol. The van der Waals surface area contributed by atoms with Crippen LogP contribution < -0.4 is 15.8 Å². The number of nitrogens with one attached hydrogen (secondary N) is 1. The normalized spacial score (nSPS) is 19.1. The van der Waals surface area contributed by atoms with Gasteiger partial charge in [0.25, 0.3) is 0 Å². The standard InChI is InChI=1S/C19H21N5O/c1-2-25-15-10-8-13(9-11-15)16-12-17(14-6-4-3-5-7-14)24-19(21-16)22-18(20)23-24/h3-11,16-17H,2,12H2,1H3,(H3,20,21,22,23)/t16-,17+/m0/s1. The van der Waals surface area contributed by atoms with Crippen LogP contribution in [-0.2, 0) is 0 Å². The highest BCUT2D eigenvalue weighted by molar-refractivity contribution is 5.42.